The van der Waals surface area contributed by atoms with E-state index in [1.807, 2.05) is 30.0 Å². The van der Waals surface area contributed by atoms with Gasteiger partial charge in [-0.15, -0.1) is 11.3 Å². The fourth-order valence-electron chi connectivity index (χ4n) is 3.71. The minimum atomic E-state index is -0.398. The lowest BCUT2D eigenvalue weighted by Gasteiger charge is -2.32. The van der Waals surface area contributed by atoms with Gasteiger partial charge in [-0.05, 0) is 38.0 Å². The summed E-state index contributed by atoms with van der Waals surface area (Å²) in [4.78, 5) is 35.1. The third-order valence-electron chi connectivity index (χ3n) is 4.89. The molecule has 1 atom stereocenters. The number of carbonyl (C=O) groups excluding carboxylic acids is 2. The first-order valence-electron chi connectivity index (χ1n) is 8.97. The van der Waals surface area contributed by atoms with E-state index in [9.17, 15) is 9.59 Å². The zero-order valence-electron chi connectivity index (χ0n) is 15.1. The Morgan fingerprint density at radius 2 is 2.22 bits per heavy atom. The van der Waals surface area contributed by atoms with Crippen LogP contribution >= 0.6 is 11.3 Å². The highest BCUT2D eigenvalue weighted by molar-refractivity contribution is 7.18. The Balaban J connectivity index is 1.54. The van der Waals surface area contributed by atoms with Gasteiger partial charge >= 0.3 is 0 Å². The van der Waals surface area contributed by atoms with Gasteiger partial charge in [-0.25, -0.2) is 9.97 Å². The summed E-state index contributed by atoms with van der Waals surface area (Å²) in [6.07, 6.45) is 5.28. The minimum Gasteiger partial charge on any atom is -0.368 e. The number of imidazole rings is 1. The van der Waals surface area contributed by atoms with Crippen LogP contribution in [0.4, 0.5) is 0 Å². The van der Waals surface area contributed by atoms with Crippen molar-refractivity contribution in [3.63, 3.8) is 0 Å². The van der Waals surface area contributed by atoms with E-state index < -0.39 is 5.91 Å². The third kappa shape index (κ3) is 3.57. The fourth-order valence-corrected chi connectivity index (χ4v) is 4.52. The molecule has 1 unspecified atom stereocenters. The van der Waals surface area contributed by atoms with Crippen LogP contribution in [-0.4, -0.2) is 44.3 Å². The molecule has 3 heterocycles. The summed E-state index contributed by atoms with van der Waals surface area (Å²) in [7, 11) is 0. The second kappa shape index (κ2) is 7.11. The van der Waals surface area contributed by atoms with Gasteiger partial charge in [0.15, 0.2) is 0 Å². The molecule has 0 aliphatic carbocycles. The Hall–Kier alpha value is -2.74. The van der Waals surface area contributed by atoms with E-state index in [2.05, 4.69) is 9.97 Å². The van der Waals surface area contributed by atoms with E-state index >= 15 is 0 Å². The van der Waals surface area contributed by atoms with E-state index in [0.717, 1.165) is 40.4 Å². The van der Waals surface area contributed by atoms with Gasteiger partial charge in [0, 0.05) is 37.0 Å². The van der Waals surface area contributed by atoms with Crippen LogP contribution in [0.2, 0.25) is 0 Å². The number of fused-ring (bicyclic) bond motifs is 1. The van der Waals surface area contributed by atoms with E-state index in [-0.39, 0.29) is 18.4 Å². The smallest absolute Gasteiger partial charge is 0.253 e. The number of carbonyl (C=O) groups is 2. The molecule has 1 aliphatic heterocycles. The van der Waals surface area contributed by atoms with Crippen molar-refractivity contribution < 1.29 is 9.59 Å². The zero-order chi connectivity index (χ0) is 19.0. The van der Waals surface area contributed by atoms with Crippen molar-refractivity contribution in [1.29, 1.82) is 0 Å². The maximum atomic E-state index is 13.0. The van der Waals surface area contributed by atoms with Crippen LogP contribution < -0.4 is 5.73 Å². The normalized spacial score (nSPS) is 17.4. The van der Waals surface area contributed by atoms with Crippen molar-refractivity contribution in [3.05, 3.63) is 47.0 Å². The molecule has 8 heteroatoms. The molecule has 1 fully saturated rings. The zero-order valence-corrected chi connectivity index (χ0v) is 15.9. The Bertz CT molecular complexity index is 1010. The van der Waals surface area contributed by atoms with E-state index in [0.29, 0.717) is 12.1 Å². The summed E-state index contributed by atoms with van der Waals surface area (Å²) in [5.41, 5.74) is 6.85. The largest absolute Gasteiger partial charge is 0.368 e. The molecular weight excluding hydrogens is 362 g/mol. The number of thiazole rings is 1. The highest BCUT2D eigenvalue weighted by atomic mass is 32.1. The van der Waals surface area contributed by atoms with Crippen molar-refractivity contribution >= 4 is 33.4 Å². The SMILES string of the molecule is Cc1nc2cc(C(=O)N3CCCC(c4nccn4CC(N)=O)C3)ccc2s1. The first-order chi connectivity index (χ1) is 13.0. The number of primary amides is 1. The number of hydrogen-bond acceptors (Lipinski definition) is 5. The third-order valence-corrected chi connectivity index (χ3v) is 5.84. The number of rotatable bonds is 4. The Morgan fingerprint density at radius 3 is 3.04 bits per heavy atom. The van der Waals surface area contributed by atoms with Gasteiger partial charge in [0.25, 0.3) is 5.91 Å². The summed E-state index contributed by atoms with van der Waals surface area (Å²) in [6, 6.07) is 5.72. The molecule has 1 aromatic carbocycles. The molecule has 0 saturated carbocycles. The molecule has 7 nitrogen and oxygen atoms in total. The summed E-state index contributed by atoms with van der Waals surface area (Å²) >= 11 is 1.63. The topological polar surface area (TPSA) is 94.1 Å². The van der Waals surface area contributed by atoms with Crippen molar-refractivity contribution in [2.24, 2.45) is 5.73 Å². The van der Waals surface area contributed by atoms with Crippen LogP contribution in [0.5, 0.6) is 0 Å². The monoisotopic (exact) mass is 383 g/mol. The summed E-state index contributed by atoms with van der Waals surface area (Å²) < 4.78 is 2.87. The molecule has 3 aromatic rings. The van der Waals surface area contributed by atoms with Crippen molar-refractivity contribution in [3.8, 4) is 0 Å². The highest BCUT2D eigenvalue weighted by Gasteiger charge is 2.28. The Kier molecular flexibility index (Phi) is 4.65. The molecule has 1 saturated heterocycles. The number of likely N-dealkylation sites (tertiary alicyclic amines) is 1. The number of amides is 2. The average Bonchev–Trinajstić information content (AvgIpc) is 3.25. The first kappa shape index (κ1) is 17.7. The molecule has 0 radical (unpaired) electrons. The Labute approximate surface area is 160 Å². The lowest BCUT2D eigenvalue weighted by molar-refractivity contribution is -0.118. The molecule has 140 valence electrons. The first-order valence-corrected chi connectivity index (χ1v) is 9.78. The van der Waals surface area contributed by atoms with E-state index in [1.165, 1.54) is 0 Å². The van der Waals surface area contributed by atoms with Crippen LogP contribution in [0.25, 0.3) is 10.2 Å². The summed E-state index contributed by atoms with van der Waals surface area (Å²) in [6.45, 7) is 3.39. The molecule has 2 N–H and O–H groups in total. The highest BCUT2D eigenvalue weighted by Crippen LogP contribution is 2.28. The van der Waals surface area contributed by atoms with Gasteiger partial charge in [-0.1, -0.05) is 0 Å². The number of aromatic nitrogens is 3. The molecule has 0 spiro atoms. The lowest BCUT2D eigenvalue weighted by Crippen LogP contribution is -2.40. The number of piperidine rings is 1. The van der Waals surface area contributed by atoms with Crippen LogP contribution in [-0.2, 0) is 11.3 Å². The second-order valence-electron chi connectivity index (χ2n) is 6.89. The molecule has 1 aliphatic rings. The van der Waals surface area contributed by atoms with Crippen LogP contribution in [0.3, 0.4) is 0 Å². The maximum absolute atomic E-state index is 13.0. The van der Waals surface area contributed by atoms with Crippen molar-refractivity contribution in [2.75, 3.05) is 13.1 Å². The van der Waals surface area contributed by atoms with Gasteiger partial charge in [-0.2, -0.15) is 0 Å². The molecule has 2 amide bonds. The Morgan fingerprint density at radius 1 is 1.37 bits per heavy atom. The molecular formula is C19H21N5O2S. The second-order valence-corrected chi connectivity index (χ2v) is 8.12. The molecule has 27 heavy (non-hydrogen) atoms. The summed E-state index contributed by atoms with van der Waals surface area (Å²) in [5, 5.41) is 0.994. The number of nitrogens with zero attached hydrogens (tertiary/aromatic N) is 4. The lowest BCUT2D eigenvalue weighted by atomic mass is 9.96. The van der Waals surface area contributed by atoms with Gasteiger partial charge in [0.1, 0.15) is 12.4 Å². The quantitative estimate of drug-likeness (QED) is 0.748. The van der Waals surface area contributed by atoms with E-state index in [1.54, 1.807) is 28.3 Å². The van der Waals surface area contributed by atoms with Gasteiger partial charge in [-0.3, -0.25) is 9.59 Å². The van der Waals surface area contributed by atoms with Crippen molar-refractivity contribution in [1.82, 2.24) is 19.4 Å². The maximum Gasteiger partial charge on any atom is 0.253 e. The number of nitrogens with two attached hydrogens (primary N) is 1. The van der Waals surface area contributed by atoms with E-state index in [4.69, 9.17) is 5.73 Å². The van der Waals surface area contributed by atoms with Crippen LogP contribution in [0.1, 0.15) is 39.9 Å². The molecule has 4 rings (SSSR count). The molecule has 0 bridgehead atoms. The van der Waals surface area contributed by atoms with Gasteiger partial charge < -0.3 is 15.2 Å². The average molecular weight is 383 g/mol. The minimum absolute atomic E-state index is 0.0141. The summed E-state index contributed by atoms with van der Waals surface area (Å²) in [5.74, 6) is 0.532. The predicted molar refractivity (Wildman–Crippen MR) is 104 cm³/mol. The van der Waals surface area contributed by atoms with Gasteiger partial charge in [0.2, 0.25) is 5.91 Å². The number of benzene rings is 1. The number of aryl methyl sites for hydroxylation is 1. The number of hydrogen-bond donors (Lipinski definition) is 1. The fraction of sp³-hybridized carbons (Fsp3) is 0.368. The van der Waals surface area contributed by atoms with Crippen LogP contribution in [0, 0.1) is 6.92 Å². The van der Waals surface area contributed by atoms with Crippen LogP contribution in [0.15, 0.2) is 30.6 Å². The van der Waals surface area contributed by atoms with Gasteiger partial charge in [0.05, 0.1) is 15.2 Å². The van der Waals surface area contributed by atoms with Crippen molar-refractivity contribution in [2.45, 2.75) is 32.2 Å². The predicted octanol–water partition coefficient (Wildman–Crippen LogP) is 2.31. The standard InChI is InChI=1S/C19H21N5O2S/c1-12-22-15-9-13(4-5-16(15)27-12)19(26)24-7-2-3-14(10-24)18-21-6-8-23(18)11-17(20)25/h4-6,8-9,14H,2-3,7,10-11H2,1H3,(H2,20,25). The molecule has 2 aromatic heterocycles.